The molecule has 2 rings (SSSR count). The van der Waals surface area contributed by atoms with E-state index in [0.29, 0.717) is 5.69 Å². The van der Waals surface area contributed by atoms with Gasteiger partial charge in [-0.3, -0.25) is 4.72 Å². The summed E-state index contributed by atoms with van der Waals surface area (Å²) in [5, 5.41) is 0. The summed E-state index contributed by atoms with van der Waals surface area (Å²) in [5.74, 6) is 0. The van der Waals surface area contributed by atoms with Gasteiger partial charge in [-0.15, -0.1) is 0 Å². The van der Waals surface area contributed by atoms with Gasteiger partial charge >= 0.3 is 0 Å². The molecule has 0 aliphatic rings. The second-order valence-electron chi connectivity index (χ2n) is 4.03. The summed E-state index contributed by atoms with van der Waals surface area (Å²) >= 11 is 5.45. The van der Waals surface area contributed by atoms with Crippen molar-refractivity contribution in [1.82, 2.24) is 0 Å². The smallest absolute Gasteiger partial charge is 0.261 e. The Morgan fingerprint density at radius 3 is 2.53 bits per heavy atom. The maximum Gasteiger partial charge on any atom is 0.261 e. The molecule has 0 aromatic heterocycles. The molecule has 3 nitrogen and oxygen atoms in total. The summed E-state index contributed by atoms with van der Waals surface area (Å²) < 4.78 is 28.8. The molecular formula is C13H11BrINO2S. The largest absolute Gasteiger partial charge is 0.280 e. The van der Waals surface area contributed by atoms with Crippen LogP contribution in [0.2, 0.25) is 0 Å². The fourth-order valence-corrected chi connectivity index (χ4v) is 3.67. The number of benzene rings is 2. The van der Waals surface area contributed by atoms with Crippen molar-refractivity contribution in [3.05, 3.63) is 56.1 Å². The van der Waals surface area contributed by atoms with Crippen LogP contribution in [0, 0.1) is 10.5 Å². The lowest BCUT2D eigenvalue weighted by Crippen LogP contribution is -2.13. The fourth-order valence-electron chi connectivity index (χ4n) is 1.50. The lowest BCUT2D eigenvalue weighted by atomic mass is 10.2. The number of halogens is 2. The summed E-state index contributed by atoms with van der Waals surface area (Å²) in [6.07, 6.45) is 0. The number of aryl methyl sites for hydroxylation is 1. The minimum Gasteiger partial charge on any atom is -0.280 e. The van der Waals surface area contributed by atoms with Gasteiger partial charge in [-0.1, -0.05) is 28.1 Å². The molecule has 0 saturated heterocycles. The molecule has 0 atom stereocenters. The van der Waals surface area contributed by atoms with Gasteiger partial charge in [-0.25, -0.2) is 8.42 Å². The number of hydrogen-bond acceptors (Lipinski definition) is 2. The molecule has 0 aliphatic heterocycles. The first-order valence-corrected chi connectivity index (χ1v) is 8.78. The molecule has 2 aromatic carbocycles. The van der Waals surface area contributed by atoms with E-state index in [1.807, 2.05) is 19.1 Å². The van der Waals surface area contributed by atoms with E-state index in [-0.39, 0.29) is 4.90 Å². The lowest BCUT2D eigenvalue weighted by Gasteiger charge is -2.09. The summed E-state index contributed by atoms with van der Waals surface area (Å²) in [6, 6.07) is 12.1. The van der Waals surface area contributed by atoms with Gasteiger partial charge in [-0.2, -0.15) is 0 Å². The van der Waals surface area contributed by atoms with Crippen LogP contribution in [-0.4, -0.2) is 8.42 Å². The zero-order valence-corrected chi connectivity index (χ0v) is 14.6. The van der Waals surface area contributed by atoms with E-state index in [4.69, 9.17) is 0 Å². The van der Waals surface area contributed by atoms with Gasteiger partial charge in [0.1, 0.15) is 0 Å². The monoisotopic (exact) mass is 451 g/mol. The maximum absolute atomic E-state index is 12.2. The molecule has 100 valence electrons. The molecule has 0 unspecified atom stereocenters. The highest BCUT2D eigenvalue weighted by Crippen LogP contribution is 2.22. The van der Waals surface area contributed by atoms with Crippen LogP contribution in [0.1, 0.15) is 5.56 Å². The molecular weight excluding hydrogens is 441 g/mol. The van der Waals surface area contributed by atoms with Gasteiger partial charge in [0.05, 0.1) is 4.90 Å². The first-order valence-electron chi connectivity index (χ1n) is 5.43. The zero-order chi connectivity index (χ0) is 14.0. The van der Waals surface area contributed by atoms with Gasteiger partial charge in [0.25, 0.3) is 10.0 Å². The quantitative estimate of drug-likeness (QED) is 0.712. The Morgan fingerprint density at radius 2 is 1.89 bits per heavy atom. The molecule has 0 radical (unpaired) electrons. The van der Waals surface area contributed by atoms with Crippen LogP contribution in [0.3, 0.4) is 0 Å². The molecule has 1 N–H and O–H groups in total. The van der Waals surface area contributed by atoms with Crippen molar-refractivity contribution in [2.24, 2.45) is 0 Å². The van der Waals surface area contributed by atoms with Gasteiger partial charge in [0.2, 0.25) is 0 Å². The highest BCUT2D eigenvalue weighted by molar-refractivity contribution is 14.1. The number of hydrogen-bond donors (Lipinski definition) is 1. The number of rotatable bonds is 3. The number of sulfonamides is 1. The van der Waals surface area contributed by atoms with Crippen molar-refractivity contribution in [1.29, 1.82) is 0 Å². The van der Waals surface area contributed by atoms with Crippen LogP contribution in [0.25, 0.3) is 0 Å². The first-order chi connectivity index (χ1) is 8.88. The van der Waals surface area contributed by atoms with Crippen LogP contribution in [0.4, 0.5) is 5.69 Å². The fraction of sp³-hybridized carbons (Fsp3) is 0.0769. The maximum atomic E-state index is 12.2. The predicted molar refractivity (Wildman–Crippen MR) is 88.8 cm³/mol. The predicted octanol–water partition coefficient (Wildman–Crippen LogP) is 4.16. The van der Waals surface area contributed by atoms with Crippen LogP contribution >= 0.6 is 38.5 Å². The topological polar surface area (TPSA) is 46.2 Å². The summed E-state index contributed by atoms with van der Waals surface area (Å²) in [4.78, 5) is 0.234. The van der Waals surface area contributed by atoms with E-state index in [2.05, 4.69) is 43.2 Å². The Hall–Kier alpha value is -0.600. The third kappa shape index (κ3) is 3.70. The molecule has 0 fully saturated rings. The van der Waals surface area contributed by atoms with E-state index in [0.717, 1.165) is 13.6 Å². The number of nitrogens with one attached hydrogen (secondary N) is 1. The van der Waals surface area contributed by atoms with Crippen molar-refractivity contribution in [3.63, 3.8) is 0 Å². The first kappa shape index (κ1) is 14.8. The zero-order valence-electron chi connectivity index (χ0n) is 10.0. The SMILES string of the molecule is Cc1ccc(NS(=O)(=O)c2cccc(Br)c2)cc1I. The van der Waals surface area contributed by atoms with E-state index in [1.54, 1.807) is 30.3 Å². The van der Waals surface area contributed by atoms with Crippen molar-refractivity contribution in [3.8, 4) is 0 Å². The van der Waals surface area contributed by atoms with Gasteiger partial charge in [0.15, 0.2) is 0 Å². The highest BCUT2D eigenvalue weighted by atomic mass is 127. The van der Waals surface area contributed by atoms with Crippen LogP contribution in [0.5, 0.6) is 0 Å². The third-order valence-electron chi connectivity index (χ3n) is 2.53. The number of anilines is 1. The Morgan fingerprint density at radius 1 is 1.16 bits per heavy atom. The molecule has 19 heavy (non-hydrogen) atoms. The molecule has 2 aromatic rings. The molecule has 0 heterocycles. The average Bonchev–Trinajstić information content (AvgIpc) is 2.33. The molecule has 0 amide bonds. The van der Waals surface area contributed by atoms with Crippen molar-refractivity contribution < 1.29 is 8.42 Å². The van der Waals surface area contributed by atoms with Crippen molar-refractivity contribution in [2.45, 2.75) is 11.8 Å². The van der Waals surface area contributed by atoms with E-state index < -0.39 is 10.0 Å². The summed E-state index contributed by atoms with van der Waals surface area (Å²) in [7, 11) is -3.55. The molecule has 0 aliphatic carbocycles. The minimum atomic E-state index is -3.55. The van der Waals surface area contributed by atoms with E-state index >= 15 is 0 Å². The van der Waals surface area contributed by atoms with Gasteiger partial charge in [-0.05, 0) is 65.4 Å². The van der Waals surface area contributed by atoms with Crippen LogP contribution in [-0.2, 0) is 10.0 Å². The molecule has 0 saturated carbocycles. The van der Waals surface area contributed by atoms with E-state index in [9.17, 15) is 8.42 Å². The third-order valence-corrected chi connectivity index (χ3v) is 5.56. The lowest BCUT2D eigenvalue weighted by molar-refractivity contribution is 0.601. The average molecular weight is 452 g/mol. The van der Waals surface area contributed by atoms with Gasteiger partial charge in [0, 0.05) is 13.7 Å². The summed E-state index contributed by atoms with van der Waals surface area (Å²) in [5.41, 5.74) is 1.68. The summed E-state index contributed by atoms with van der Waals surface area (Å²) in [6.45, 7) is 1.98. The van der Waals surface area contributed by atoms with E-state index in [1.165, 1.54) is 0 Å². The highest BCUT2D eigenvalue weighted by Gasteiger charge is 2.14. The molecule has 6 heteroatoms. The minimum absolute atomic E-state index is 0.234. The van der Waals surface area contributed by atoms with Crippen LogP contribution < -0.4 is 4.72 Å². The Labute approximate surface area is 134 Å². The Kier molecular flexibility index (Phi) is 4.52. The molecule has 0 spiro atoms. The van der Waals surface area contributed by atoms with Gasteiger partial charge < -0.3 is 0 Å². The van der Waals surface area contributed by atoms with Crippen LogP contribution in [0.15, 0.2) is 51.8 Å². The second kappa shape index (κ2) is 5.80. The standard InChI is InChI=1S/C13H11BrINO2S/c1-9-5-6-11(8-13(9)15)16-19(17,18)12-4-2-3-10(14)7-12/h2-8,16H,1H3. The Balaban J connectivity index is 2.33. The Bertz CT molecular complexity index is 716. The second-order valence-corrected chi connectivity index (χ2v) is 7.79. The van der Waals surface area contributed by atoms with Crippen molar-refractivity contribution >= 4 is 54.2 Å². The van der Waals surface area contributed by atoms with Crippen molar-refractivity contribution in [2.75, 3.05) is 4.72 Å². The molecule has 0 bridgehead atoms. The normalized spacial score (nSPS) is 11.3.